The summed E-state index contributed by atoms with van der Waals surface area (Å²) in [6, 6.07) is 16.4. The summed E-state index contributed by atoms with van der Waals surface area (Å²) in [5.41, 5.74) is 5.30. The lowest BCUT2D eigenvalue weighted by atomic mass is 10.0. The number of ketones is 1. The second-order valence-electron chi connectivity index (χ2n) is 5.21. The zero-order valence-corrected chi connectivity index (χ0v) is 11.0. The quantitative estimate of drug-likeness (QED) is 0.660. The van der Waals surface area contributed by atoms with Crippen LogP contribution in [0.25, 0.3) is 22.0 Å². The Balaban J connectivity index is 1.85. The maximum Gasteiger partial charge on any atom is 0.163 e. The number of hydrogen-bond donors (Lipinski definition) is 0. The average molecular weight is 259 g/mol. The van der Waals surface area contributed by atoms with E-state index in [4.69, 9.17) is 0 Å². The minimum atomic E-state index is 0.267. The van der Waals surface area contributed by atoms with Crippen LogP contribution in [0.2, 0.25) is 0 Å². The van der Waals surface area contributed by atoms with Crippen LogP contribution in [0.3, 0.4) is 0 Å². The van der Waals surface area contributed by atoms with Crippen molar-refractivity contribution in [2.24, 2.45) is 0 Å². The summed E-state index contributed by atoms with van der Waals surface area (Å²) in [5.74, 6) is 0.267. The van der Waals surface area contributed by atoms with Gasteiger partial charge in [0, 0.05) is 29.1 Å². The highest BCUT2D eigenvalue weighted by Crippen LogP contribution is 2.29. The first-order chi connectivity index (χ1) is 9.81. The first-order valence-corrected chi connectivity index (χ1v) is 6.82. The molecule has 1 aliphatic rings. The van der Waals surface area contributed by atoms with E-state index in [0.717, 1.165) is 34.0 Å². The van der Waals surface area contributed by atoms with E-state index in [1.54, 1.807) is 0 Å². The third kappa shape index (κ3) is 1.73. The largest absolute Gasteiger partial charge is 0.294 e. The molecule has 0 saturated carbocycles. The van der Waals surface area contributed by atoms with E-state index < -0.39 is 0 Å². The van der Waals surface area contributed by atoms with Crippen molar-refractivity contribution in [1.82, 2.24) is 4.98 Å². The summed E-state index contributed by atoms with van der Waals surface area (Å²) >= 11 is 0. The van der Waals surface area contributed by atoms with Crippen LogP contribution >= 0.6 is 0 Å². The van der Waals surface area contributed by atoms with Gasteiger partial charge in [0.2, 0.25) is 0 Å². The van der Waals surface area contributed by atoms with Crippen molar-refractivity contribution < 1.29 is 4.79 Å². The van der Waals surface area contributed by atoms with Gasteiger partial charge in [-0.2, -0.15) is 0 Å². The summed E-state index contributed by atoms with van der Waals surface area (Å²) in [6.45, 7) is 0. The van der Waals surface area contributed by atoms with Crippen LogP contribution in [0, 0.1) is 0 Å². The fraction of sp³-hybridized carbons (Fsp3) is 0.111. The number of aromatic nitrogens is 1. The number of benzene rings is 2. The summed E-state index contributed by atoms with van der Waals surface area (Å²) < 4.78 is 0. The number of Topliss-reactive ketones (excluding diaryl/α,β-unsaturated/α-hetero) is 1. The highest BCUT2D eigenvalue weighted by Gasteiger charge is 2.19. The fourth-order valence-electron chi connectivity index (χ4n) is 2.86. The molecule has 4 rings (SSSR count). The Morgan fingerprint density at radius 3 is 2.75 bits per heavy atom. The minimum absolute atomic E-state index is 0.267. The van der Waals surface area contributed by atoms with Crippen LogP contribution < -0.4 is 0 Å². The Morgan fingerprint density at radius 2 is 1.80 bits per heavy atom. The Bertz CT molecular complexity index is 836. The Labute approximate surface area is 117 Å². The van der Waals surface area contributed by atoms with Gasteiger partial charge < -0.3 is 0 Å². The van der Waals surface area contributed by atoms with Gasteiger partial charge in [0.15, 0.2) is 5.78 Å². The van der Waals surface area contributed by atoms with Crippen molar-refractivity contribution in [3.05, 3.63) is 65.9 Å². The molecule has 0 unspecified atom stereocenters. The Kier molecular flexibility index (Phi) is 2.43. The molecule has 0 saturated heterocycles. The normalized spacial score (nSPS) is 13.7. The molecule has 0 radical (unpaired) electrons. The number of nitrogens with zero attached hydrogens (tertiary/aromatic N) is 1. The standard InChI is InChI=1S/C18H13NO/c20-18-8-6-13-9-12(5-7-16(13)18)15-10-14-3-1-2-4-17(14)19-11-15/h1-5,7,9-11H,6,8H2. The maximum atomic E-state index is 11.7. The van der Waals surface area contributed by atoms with Gasteiger partial charge in [-0.05, 0) is 29.7 Å². The number of para-hydroxylation sites is 1. The number of carbonyl (C=O) groups is 1. The van der Waals surface area contributed by atoms with Gasteiger partial charge in [-0.25, -0.2) is 0 Å². The molecule has 0 N–H and O–H groups in total. The zero-order chi connectivity index (χ0) is 13.5. The van der Waals surface area contributed by atoms with Crippen LogP contribution in [-0.2, 0) is 6.42 Å². The van der Waals surface area contributed by atoms with Crippen molar-refractivity contribution in [1.29, 1.82) is 0 Å². The lowest BCUT2D eigenvalue weighted by Gasteiger charge is -2.06. The van der Waals surface area contributed by atoms with Crippen molar-refractivity contribution in [2.75, 3.05) is 0 Å². The molecule has 96 valence electrons. The SMILES string of the molecule is O=C1CCc2cc(-c3cnc4ccccc4c3)ccc21. The van der Waals surface area contributed by atoms with Gasteiger partial charge in [-0.1, -0.05) is 36.4 Å². The molecular weight excluding hydrogens is 246 g/mol. The van der Waals surface area contributed by atoms with E-state index in [2.05, 4.69) is 23.2 Å². The van der Waals surface area contributed by atoms with Crippen molar-refractivity contribution >= 4 is 16.7 Å². The van der Waals surface area contributed by atoms with E-state index in [9.17, 15) is 4.79 Å². The molecule has 0 aliphatic heterocycles. The molecular formula is C18H13NO. The highest BCUT2D eigenvalue weighted by atomic mass is 16.1. The Hall–Kier alpha value is -2.48. The number of pyridine rings is 1. The van der Waals surface area contributed by atoms with Crippen LogP contribution in [-0.4, -0.2) is 10.8 Å². The van der Waals surface area contributed by atoms with E-state index in [1.807, 2.05) is 36.5 Å². The lowest BCUT2D eigenvalue weighted by Crippen LogP contribution is -1.91. The van der Waals surface area contributed by atoms with Gasteiger partial charge in [-0.3, -0.25) is 9.78 Å². The summed E-state index contributed by atoms with van der Waals surface area (Å²) in [6.07, 6.45) is 3.42. The molecule has 1 aliphatic carbocycles. The van der Waals surface area contributed by atoms with Crippen molar-refractivity contribution in [3.63, 3.8) is 0 Å². The van der Waals surface area contributed by atoms with Gasteiger partial charge in [0.25, 0.3) is 0 Å². The molecule has 20 heavy (non-hydrogen) atoms. The molecule has 0 bridgehead atoms. The van der Waals surface area contributed by atoms with Gasteiger partial charge in [0.1, 0.15) is 0 Å². The molecule has 0 fully saturated rings. The van der Waals surface area contributed by atoms with Crippen LogP contribution in [0.1, 0.15) is 22.3 Å². The number of fused-ring (bicyclic) bond motifs is 2. The monoisotopic (exact) mass is 259 g/mol. The molecule has 2 aromatic carbocycles. The molecule has 1 heterocycles. The second-order valence-corrected chi connectivity index (χ2v) is 5.21. The van der Waals surface area contributed by atoms with E-state index in [-0.39, 0.29) is 5.78 Å². The van der Waals surface area contributed by atoms with E-state index in [1.165, 1.54) is 5.56 Å². The first-order valence-electron chi connectivity index (χ1n) is 6.82. The van der Waals surface area contributed by atoms with Crippen molar-refractivity contribution in [2.45, 2.75) is 12.8 Å². The van der Waals surface area contributed by atoms with Gasteiger partial charge in [0.05, 0.1) is 5.52 Å². The molecule has 0 spiro atoms. The third-order valence-electron chi connectivity index (χ3n) is 3.95. The first kappa shape index (κ1) is 11.4. The lowest BCUT2D eigenvalue weighted by molar-refractivity contribution is 0.0994. The van der Waals surface area contributed by atoms with Crippen LogP contribution in [0.4, 0.5) is 0 Å². The average Bonchev–Trinajstić information content (AvgIpc) is 2.88. The molecule has 1 aromatic heterocycles. The summed E-state index contributed by atoms with van der Waals surface area (Å²) in [5, 5.41) is 1.14. The number of aryl methyl sites for hydroxylation is 1. The Morgan fingerprint density at radius 1 is 0.900 bits per heavy atom. The zero-order valence-electron chi connectivity index (χ0n) is 11.0. The van der Waals surface area contributed by atoms with E-state index in [0.29, 0.717) is 6.42 Å². The number of carbonyl (C=O) groups excluding carboxylic acids is 1. The van der Waals surface area contributed by atoms with Gasteiger partial charge in [-0.15, -0.1) is 0 Å². The fourth-order valence-corrected chi connectivity index (χ4v) is 2.86. The number of hydrogen-bond acceptors (Lipinski definition) is 2. The smallest absolute Gasteiger partial charge is 0.163 e. The van der Waals surface area contributed by atoms with Crippen LogP contribution in [0.5, 0.6) is 0 Å². The predicted molar refractivity (Wildman–Crippen MR) is 79.8 cm³/mol. The molecule has 2 heteroatoms. The van der Waals surface area contributed by atoms with Crippen LogP contribution in [0.15, 0.2) is 54.7 Å². The maximum absolute atomic E-state index is 11.7. The topological polar surface area (TPSA) is 30.0 Å². The molecule has 3 aromatic rings. The molecule has 0 atom stereocenters. The van der Waals surface area contributed by atoms with Gasteiger partial charge >= 0.3 is 0 Å². The third-order valence-corrected chi connectivity index (χ3v) is 3.95. The van der Waals surface area contributed by atoms with Crippen molar-refractivity contribution in [3.8, 4) is 11.1 Å². The number of rotatable bonds is 1. The van der Waals surface area contributed by atoms with E-state index >= 15 is 0 Å². The predicted octanol–water partition coefficient (Wildman–Crippen LogP) is 4.03. The second kappa shape index (κ2) is 4.27. The summed E-state index contributed by atoms with van der Waals surface area (Å²) in [4.78, 5) is 16.2. The minimum Gasteiger partial charge on any atom is -0.294 e. The molecule has 0 amide bonds. The highest BCUT2D eigenvalue weighted by molar-refractivity contribution is 6.01. The summed E-state index contributed by atoms with van der Waals surface area (Å²) in [7, 11) is 0. The molecule has 2 nitrogen and oxygen atoms in total.